The van der Waals surface area contributed by atoms with Gasteiger partial charge in [0.2, 0.25) is 0 Å². The number of nitrogen functional groups attached to an aromatic ring is 1. The van der Waals surface area contributed by atoms with Crippen LogP contribution in [0, 0.1) is 6.92 Å². The number of hydrogen-bond acceptors (Lipinski definition) is 5. The maximum atomic E-state index is 5.69. The van der Waals surface area contributed by atoms with E-state index in [1.165, 1.54) is 18.1 Å². The van der Waals surface area contributed by atoms with Crippen LogP contribution in [0.3, 0.4) is 0 Å². The van der Waals surface area contributed by atoms with Crippen LogP contribution in [0.5, 0.6) is 0 Å². The SMILES string of the molecule is Cc1c(N)ncnc1Sc1ccccn1. The molecule has 5 heteroatoms. The summed E-state index contributed by atoms with van der Waals surface area (Å²) in [6.07, 6.45) is 3.22. The van der Waals surface area contributed by atoms with Crippen molar-refractivity contribution >= 4 is 17.6 Å². The predicted octanol–water partition coefficient (Wildman–Crippen LogP) is 1.91. The van der Waals surface area contributed by atoms with Crippen molar-refractivity contribution in [1.29, 1.82) is 0 Å². The zero-order chi connectivity index (χ0) is 10.7. The Kier molecular flexibility index (Phi) is 2.82. The van der Waals surface area contributed by atoms with E-state index in [2.05, 4.69) is 15.0 Å². The van der Waals surface area contributed by atoms with Crippen molar-refractivity contribution in [2.75, 3.05) is 5.73 Å². The first-order valence-corrected chi connectivity index (χ1v) is 5.25. The van der Waals surface area contributed by atoms with Crippen LogP contribution in [0.15, 0.2) is 40.8 Å². The number of pyridine rings is 1. The number of hydrogen-bond donors (Lipinski definition) is 1. The number of nitrogens with zero attached hydrogens (tertiary/aromatic N) is 3. The Morgan fingerprint density at radius 3 is 2.80 bits per heavy atom. The van der Waals surface area contributed by atoms with Crippen molar-refractivity contribution in [2.24, 2.45) is 0 Å². The van der Waals surface area contributed by atoms with Gasteiger partial charge < -0.3 is 5.73 Å². The summed E-state index contributed by atoms with van der Waals surface area (Å²) < 4.78 is 0. The molecule has 0 amide bonds. The highest BCUT2D eigenvalue weighted by Gasteiger charge is 2.06. The van der Waals surface area contributed by atoms with Gasteiger partial charge in [-0.15, -0.1) is 0 Å². The van der Waals surface area contributed by atoms with Crippen molar-refractivity contribution in [3.8, 4) is 0 Å². The topological polar surface area (TPSA) is 64.7 Å². The zero-order valence-corrected chi connectivity index (χ0v) is 9.03. The van der Waals surface area contributed by atoms with Gasteiger partial charge in [-0.05, 0) is 30.8 Å². The van der Waals surface area contributed by atoms with Gasteiger partial charge in [0.25, 0.3) is 0 Å². The van der Waals surface area contributed by atoms with Gasteiger partial charge in [0, 0.05) is 11.8 Å². The summed E-state index contributed by atoms with van der Waals surface area (Å²) in [4.78, 5) is 12.3. The summed E-state index contributed by atoms with van der Waals surface area (Å²) >= 11 is 1.49. The second-order valence-corrected chi connectivity index (χ2v) is 3.97. The molecule has 0 radical (unpaired) electrons. The molecule has 0 fully saturated rings. The molecule has 0 saturated carbocycles. The van der Waals surface area contributed by atoms with Gasteiger partial charge in [-0.3, -0.25) is 0 Å². The lowest BCUT2D eigenvalue weighted by Gasteiger charge is -2.04. The largest absolute Gasteiger partial charge is 0.383 e. The monoisotopic (exact) mass is 218 g/mol. The first-order chi connectivity index (χ1) is 7.27. The second kappa shape index (κ2) is 4.27. The average molecular weight is 218 g/mol. The summed E-state index contributed by atoms with van der Waals surface area (Å²) in [5.74, 6) is 0.517. The molecule has 2 aromatic heterocycles. The van der Waals surface area contributed by atoms with Gasteiger partial charge in [0.05, 0.1) is 0 Å². The Labute approximate surface area is 92.0 Å². The fraction of sp³-hybridized carbons (Fsp3) is 0.100. The van der Waals surface area contributed by atoms with Gasteiger partial charge >= 0.3 is 0 Å². The van der Waals surface area contributed by atoms with E-state index >= 15 is 0 Å². The first-order valence-electron chi connectivity index (χ1n) is 4.43. The van der Waals surface area contributed by atoms with E-state index in [0.29, 0.717) is 5.82 Å². The molecule has 76 valence electrons. The number of anilines is 1. The van der Waals surface area contributed by atoms with Gasteiger partial charge in [-0.25, -0.2) is 15.0 Å². The Hall–Kier alpha value is -1.62. The van der Waals surface area contributed by atoms with E-state index < -0.39 is 0 Å². The third-order valence-electron chi connectivity index (χ3n) is 1.92. The third kappa shape index (κ3) is 2.24. The molecule has 2 heterocycles. The smallest absolute Gasteiger partial charge is 0.130 e. The minimum Gasteiger partial charge on any atom is -0.383 e. The molecule has 15 heavy (non-hydrogen) atoms. The van der Waals surface area contributed by atoms with Crippen molar-refractivity contribution < 1.29 is 0 Å². The van der Waals surface area contributed by atoms with Crippen molar-refractivity contribution in [2.45, 2.75) is 17.0 Å². The highest BCUT2D eigenvalue weighted by molar-refractivity contribution is 7.99. The van der Waals surface area contributed by atoms with Crippen LogP contribution < -0.4 is 5.73 Å². The molecule has 2 aromatic rings. The van der Waals surface area contributed by atoms with Crippen LogP contribution in [0.25, 0.3) is 0 Å². The Bertz CT molecular complexity index is 458. The first kappa shape index (κ1) is 9.92. The van der Waals surface area contributed by atoms with E-state index in [-0.39, 0.29) is 0 Å². The maximum Gasteiger partial charge on any atom is 0.130 e. The van der Waals surface area contributed by atoms with E-state index in [9.17, 15) is 0 Å². The Morgan fingerprint density at radius 1 is 1.20 bits per heavy atom. The van der Waals surface area contributed by atoms with Crippen LogP contribution >= 0.6 is 11.8 Å². The van der Waals surface area contributed by atoms with E-state index in [1.54, 1.807) is 6.20 Å². The maximum absolute atomic E-state index is 5.69. The van der Waals surface area contributed by atoms with Crippen LogP contribution in [0.4, 0.5) is 5.82 Å². The fourth-order valence-electron chi connectivity index (χ4n) is 1.06. The van der Waals surface area contributed by atoms with Crippen LogP contribution in [-0.2, 0) is 0 Å². The molecule has 4 nitrogen and oxygen atoms in total. The normalized spacial score (nSPS) is 10.2. The fourth-order valence-corrected chi connectivity index (χ4v) is 1.87. The highest BCUT2D eigenvalue weighted by atomic mass is 32.2. The van der Waals surface area contributed by atoms with Crippen molar-refractivity contribution in [1.82, 2.24) is 15.0 Å². The van der Waals surface area contributed by atoms with Gasteiger partial charge in [0.15, 0.2) is 0 Å². The molecule has 0 aliphatic rings. The molecular formula is C10H10N4S. The Morgan fingerprint density at radius 2 is 2.07 bits per heavy atom. The molecule has 0 aromatic carbocycles. The van der Waals surface area contributed by atoms with Crippen molar-refractivity contribution in [3.05, 3.63) is 36.3 Å². The summed E-state index contributed by atoms with van der Waals surface area (Å²) in [6, 6.07) is 5.75. The van der Waals surface area contributed by atoms with E-state index in [0.717, 1.165) is 15.6 Å². The summed E-state index contributed by atoms with van der Waals surface area (Å²) in [5.41, 5.74) is 6.59. The molecule has 0 aliphatic heterocycles. The minimum absolute atomic E-state index is 0.517. The molecule has 0 unspecified atom stereocenters. The third-order valence-corrected chi connectivity index (χ3v) is 2.97. The zero-order valence-electron chi connectivity index (χ0n) is 8.21. The summed E-state index contributed by atoms with van der Waals surface area (Å²) in [7, 11) is 0. The summed E-state index contributed by atoms with van der Waals surface area (Å²) in [5, 5.41) is 1.75. The lowest BCUT2D eigenvalue weighted by Crippen LogP contribution is -1.97. The van der Waals surface area contributed by atoms with Crippen LogP contribution in [0.2, 0.25) is 0 Å². The van der Waals surface area contributed by atoms with Crippen LogP contribution in [0.1, 0.15) is 5.56 Å². The second-order valence-electron chi connectivity index (χ2n) is 2.96. The van der Waals surface area contributed by atoms with Gasteiger partial charge in [0.1, 0.15) is 22.2 Å². The Balaban J connectivity index is 2.29. The molecular weight excluding hydrogens is 208 g/mol. The standard InChI is InChI=1S/C10H10N4S/c1-7-9(11)13-6-14-10(7)15-8-4-2-3-5-12-8/h2-6H,1H3,(H2,11,13,14). The molecule has 0 atom stereocenters. The highest BCUT2D eigenvalue weighted by Crippen LogP contribution is 2.27. The van der Waals surface area contributed by atoms with Crippen molar-refractivity contribution in [3.63, 3.8) is 0 Å². The molecule has 0 aliphatic carbocycles. The lowest BCUT2D eigenvalue weighted by atomic mass is 10.4. The molecule has 0 spiro atoms. The molecule has 2 N–H and O–H groups in total. The van der Waals surface area contributed by atoms with Gasteiger partial charge in [-0.1, -0.05) is 6.07 Å². The summed E-state index contributed by atoms with van der Waals surface area (Å²) in [6.45, 7) is 1.90. The predicted molar refractivity (Wildman–Crippen MR) is 59.5 cm³/mol. The average Bonchev–Trinajstić information content (AvgIpc) is 2.26. The molecule has 2 rings (SSSR count). The van der Waals surface area contributed by atoms with Gasteiger partial charge in [-0.2, -0.15) is 0 Å². The van der Waals surface area contributed by atoms with Crippen LogP contribution in [-0.4, -0.2) is 15.0 Å². The number of aromatic nitrogens is 3. The quantitative estimate of drug-likeness (QED) is 0.780. The minimum atomic E-state index is 0.517. The molecule has 0 bridgehead atoms. The number of rotatable bonds is 2. The van der Waals surface area contributed by atoms with E-state index in [4.69, 9.17) is 5.73 Å². The van der Waals surface area contributed by atoms with E-state index in [1.807, 2.05) is 25.1 Å². The molecule has 0 saturated heterocycles. The number of nitrogens with two attached hydrogens (primary N) is 1. The lowest BCUT2D eigenvalue weighted by molar-refractivity contribution is 1.00.